The predicted molar refractivity (Wildman–Crippen MR) is 107 cm³/mol. The van der Waals surface area contributed by atoms with Crippen molar-refractivity contribution < 1.29 is 9.59 Å². The Kier molecular flexibility index (Phi) is 4.96. The molecule has 146 valence electrons. The number of rotatable bonds is 4. The van der Waals surface area contributed by atoms with Crippen molar-refractivity contribution in [1.29, 1.82) is 5.26 Å². The molecule has 3 aromatic rings. The normalized spacial score (nSPS) is 19.0. The third-order valence-electron chi connectivity index (χ3n) is 5.26. The highest BCUT2D eigenvalue weighted by atomic mass is 16.2. The zero-order valence-electron chi connectivity index (χ0n) is 15.9. The maximum atomic E-state index is 12.1. The highest BCUT2D eigenvalue weighted by Crippen LogP contribution is 2.32. The van der Waals surface area contributed by atoms with Gasteiger partial charge < -0.3 is 14.8 Å². The molecule has 2 amide bonds. The van der Waals surface area contributed by atoms with E-state index >= 15 is 0 Å². The summed E-state index contributed by atoms with van der Waals surface area (Å²) >= 11 is 0. The van der Waals surface area contributed by atoms with Crippen LogP contribution in [0.4, 0.5) is 0 Å². The van der Waals surface area contributed by atoms with Crippen molar-refractivity contribution in [2.24, 2.45) is 0 Å². The van der Waals surface area contributed by atoms with E-state index in [1.54, 1.807) is 17.2 Å². The van der Waals surface area contributed by atoms with Crippen molar-refractivity contribution in [1.82, 2.24) is 24.8 Å². The zero-order valence-corrected chi connectivity index (χ0v) is 15.9. The monoisotopic (exact) mass is 388 g/mol. The molecule has 1 N–H and O–H groups in total. The lowest BCUT2D eigenvalue weighted by Crippen LogP contribution is -2.50. The molecule has 0 radical (unpaired) electrons. The summed E-state index contributed by atoms with van der Waals surface area (Å²) in [6, 6.07) is 12.9. The van der Waals surface area contributed by atoms with Crippen molar-refractivity contribution in [3.05, 3.63) is 48.2 Å². The number of nitriles is 1. The minimum absolute atomic E-state index is 0.0473. The van der Waals surface area contributed by atoms with Crippen LogP contribution in [0.3, 0.4) is 0 Å². The van der Waals surface area contributed by atoms with E-state index in [4.69, 9.17) is 4.98 Å². The highest BCUT2D eigenvalue weighted by Gasteiger charge is 2.32. The van der Waals surface area contributed by atoms with Gasteiger partial charge in [0.1, 0.15) is 5.69 Å². The van der Waals surface area contributed by atoms with E-state index in [0.29, 0.717) is 43.0 Å². The summed E-state index contributed by atoms with van der Waals surface area (Å²) in [6.07, 6.45) is 3.02. The molecule has 1 saturated heterocycles. The van der Waals surface area contributed by atoms with Gasteiger partial charge >= 0.3 is 0 Å². The molecule has 8 heteroatoms. The van der Waals surface area contributed by atoms with Crippen LogP contribution in [0.25, 0.3) is 22.6 Å². The molecule has 0 aliphatic carbocycles. The van der Waals surface area contributed by atoms with Gasteiger partial charge in [-0.1, -0.05) is 6.07 Å². The summed E-state index contributed by atoms with van der Waals surface area (Å²) in [6.45, 7) is 2.49. The number of imidazole rings is 1. The van der Waals surface area contributed by atoms with Gasteiger partial charge in [0.2, 0.25) is 12.3 Å². The fourth-order valence-corrected chi connectivity index (χ4v) is 3.94. The number of carbonyl (C=O) groups is 2. The molecule has 0 bridgehead atoms. The van der Waals surface area contributed by atoms with E-state index < -0.39 is 0 Å². The van der Waals surface area contributed by atoms with Crippen LogP contribution in [-0.4, -0.2) is 50.9 Å². The Hall–Kier alpha value is -3.73. The number of carbonyl (C=O) groups excluding carboxylic acids is 2. The van der Waals surface area contributed by atoms with Crippen molar-refractivity contribution >= 4 is 23.4 Å². The molecule has 2 aromatic heterocycles. The lowest BCUT2D eigenvalue weighted by molar-refractivity contribution is -0.131. The van der Waals surface area contributed by atoms with Gasteiger partial charge in [0.15, 0.2) is 5.82 Å². The van der Waals surface area contributed by atoms with Gasteiger partial charge in [0.05, 0.1) is 28.7 Å². The molecule has 8 nitrogen and oxygen atoms in total. The zero-order chi connectivity index (χ0) is 20.4. The number of pyridine rings is 1. The van der Waals surface area contributed by atoms with Crippen molar-refractivity contribution in [3.63, 3.8) is 0 Å². The minimum Gasteiger partial charge on any atom is -0.354 e. The summed E-state index contributed by atoms with van der Waals surface area (Å²) in [5.74, 6) is 0.630. The first-order valence-corrected chi connectivity index (χ1v) is 9.39. The van der Waals surface area contributed by atoms with E-state index in [1.165, 1.54) is 6.92 Å². The second-order valence-electron chi connectivity index (χ2n) is 7.13. The number of benzene rings is 1. The number of piperidine rings is 1. The fraction of sp³-hybridized carbons (Fsp3) is 0.286. The van der Waals surface area contributed by atoms with Crippen molar-refractivity contribution in [3.8, 4) is 17.6 Å². The quantitative estimate of drug-likeness (QED) is 0.687. The van der Waals surface area contributed by atoms with Crippen molar-refractivity contribution in [2.75, 3.05) is 13.1 Å². The minimum atomic E-state index is -0.164. The predicted octanol–water partition coefficient (Wildman–Crippen LogP) is 1.88. The average Bonchev–Trinajstić information content (AvgIpc) is 3.13. The maximum absolute atomic E-state index is 12.1. The number of aromatic nitrogens is 3. The number of likely N-dealkylation sites (tertiary alicyclic amines) is 1. The number of nitrogens with one attached hydrogen (secondary N) is 1. The van der Waals surface area contributed by atoms with Gasteiger partial charge in [-0.2, -0.15) is 5.26 Å². The number of amides is 2. The molecule has 1 aliphatic heterocycles. The van der Waals surface area contributed by atoms with Crippen LogP contribution < -0.4 is 5.32 Å². The largest absolute Gasteiger partial charge is 0.354 e. The van der Waals surface area contributed by atoms with E-state index in [-0.39, 0.29) is 18.0 Å². The van der Waals surface area contributed by atoms with Crippen LogP contribution in [0, 0.1) is 11.3 Å². The summed E-state index contributed by atoms with van der Waals surface area (Å²) in [4.78, 5) is 34.1. The standard InChI is InChI=1S/C21H20N6O2/c1-14(29)26-11-16(24-13-28)9-17(12-26)27-20-8-15(10-22)5-6-18(20)25-21(27)19-4-2-3-7-23-19/h2-8,13,16-17H,9,11-12H2,1H3,(H,24,28). The lowest BCUT2D eigenvalue weighted by Gasteiger charge is -2.38. The summed E-state index contributed by atoms with van der Waals surface area (Å²) in [7, 11) is 0. The van der Waals surface area contributed by atoms with Gasteiger partial charge in [-0.05, 0) is 36.8 Å². The van der Waals surface area contributed by atoms with Gasteiger partial charge in [-0.3, -0.25) is 14.6 Å². The number of hydrogen-bond donors (Lipinski definition) is 1. The van der Waals surface area contributed by atoms with E-state index in [1.807, 2.05) is 34.9 Å². The molecular weight excluding hydrogens is 368 g/mol. The first-order valence-electron chi connectivity index (χ1n) is 9.39. The smallest absolute Gasteiger partial charge is 0.219 e. The Labute approximate surface area is 167 Å². The maximum Gasteiger partial charge on any atom is 0.219 e. The van der Waals surface area contributed by atoms with E-state index in [9.17, 15) is 14.9 Å². The number of hydrogen-bond acceptors (Lipinski definition) is 5. The number of nitrogens with zero attached hydrogens (tertiary/aromatic N) is 5. The summed E-state index contributed by atoms with van der Waals surface area (Å²) in [5.41, 5.74) is 2.81. The molecule has 3 heterocycles. The molecule has 0 spiro atoms. The number of fused-ring (bicyclic) bond motifs is 1. The third-order valence-corrected chi connectivity index (χ3v) is 5.26. The Bertz CT molecular complexity index is 1100. The highest BCUT2D eigenvalue weighted by molar-refractivity contribution is 5.82. The molecule has 1 aliphatic rings. The second-order valence-corrected chi connectivity index (χ2v) is 7.13. The second kappa shape index (κ2) is 7.72. The molecule has 2 unspecified atom stereocenters. The molecule has 29 heavy (non-hydrogen) atoms. The molecular formula is C21H20N6O2. The molecule has 1 fully saturated rings. The Morgan fingerprint density at radius 3 is 2.86 bits per heavy atom. The SMILES string of the molecule is CC(=O)N1CC(NC=O)CC(n2c(-c3ccccn3)nc3ccc(C#N)cc32)C1. The Morgan fingerprint density at radius 1 is 1.31 bits per heavy atom. The van der Waals surface area contributed by atoms with Gasteiger partial charge in [0, 0.05) is 32.3 Å². The van der Waals surface area contributed by atoms with Gasteiger partial charge in [-0.15, -0.1) is 0 Å². The molecule has 1 aromatic carbocycles. The van der Waals surface area contributed by atoms with Gasteiger partial charge in [-0.25, -0.2) is 4.98 Å². The van der Waals surface area contributed by atoms with Crippen LogP contribution in [0.15, 0.2) is 42.6 Å². The van der Waals surface area contributed by atoms with Crippen LogP contribution >= 0.6 is 0 Å². The van der Waals surface area contributed by atoms with Crippen LogP contribution in [0.2, 0.25) is 0 Å². The van der Waals surface area contributed by atoms with Crippen LogP contribution in [-0.2, 0) is 9.59 Å². The summed E-state index contributed by atoms with van der Waals surface area (Å²) < 4.78 is 2.05. The third kappa shape index (κ3) is 3.55. The first kappa shape index (κ1) is 18.6. The topological polar surface area (TPSA) is 104 Å². The van der Waals surface area contributed by atoms with Crippen LogP contribution in [0.1, 0.15) is 24.9 Å². The van der Waals surface area contributed by atoms with Gasteiger partial charge in [0.25, 0.3) is 0 Å². The molecule has 4 rings (SSSR count). The average molecular weight is 388 g/mol. The summed E-state index contributed by atoms with van der Waals surface area (Å²) in [5, 5.41) is 12.2. The Balaban J connectivity index is 1.89. The van der Waals surface area contributed by atoms with E-state index in [2.05, 4.69) is 16.4 Å². The fourth-order valence-electron chi connectivity index (χ4n) is 3.94. The van der Waals surface area contributed by atoms with E-state index in [0.717, 1.165) is 11.0 Å². The van der Waals surface area contributed by atoms with Crippen molar-refractivity contribution in [2.45, 2.75) is 25.4 Å². The molecule has 2 atom stereocenters. The lowest BCUT2D eigenvalue weighted by atomic mass is 10.00. The molecule has 0 saturated carbocycles. The first-order chi connectivity index (χ1) is 14.1. The van der Waals surface area contributed by atoms with Crippen LogP contribution in [0.5, 0.6) is 0 Å². The Morgan fingerprint density at radius 2 is 2.17 bits per heavy atom.